The summed E-state index contributed by atoms with van der Waals surface area (Å²) < 4.78 is 27.4. The molecule has 1 aromatic rings. The lowest BCUT2D eigenvalue weighted by Crippen LogP contribution is -2.46. The van der Waals surface area contributed by atoms with Crippen molar-refractivity contribution in [2.75, 3.05) is 26.2 Å². The van der Waals surface area contributed by atoms with Crippen LogP contribution in [0.25, 0.3) is 0 Å². The van der Waals surface area contributed by atoms with Crippen LogP contribution in [0.4, 0.5) is 8.78 Å². The molecule has 2 nitrogen and oxygen atoms in total. The van der Waals surface area contributed by atoms with Crippen molar-refractivity contribution in [2.24, 2.45) is 0 Å². The van der Waals surface area contributed by atoms with Gasteiger partial charge in [-0.3, -0.25) is 4.90 Å². The van der Waals surface area contributed by atoms with Gasteiger partial charge in [-0.05, 0) is 64.0 Å². The van der Waals surface area contributed by atoms with E-state index >= 15 is 0 Å². The Morgan fingerprint density at radius 2 is 1.52 bits per heavy atom. The van der Waals surface area contributed by atoms with Gasteiger partial charge in [-0.15, -0.1) is 0 Å². The first-order chi connectivity index (χ1) is 10.2. The lowest BCUT2D eigenvalue weighted by atomic mass is 9.99. The van der Waals surface area contributed by atoms with E-state index in [2.05, 4.69) is 9.80 Å². The number of piperidine rings is 2. The van der Waals surface area contributed by atoms with Crippen molar-refractivity contribution < 1.29 is 8.78 Å². The lowest BCUT2D eigenvalue weighted by molar-refractivity contribution is 0.0887. The predicted octanol–water partition coefficient (Wildman–Crippen LogP) is 3.42. The van der Waals surface area contributed by atoms with Crippen LogP contribution in [0.2, 0.25) is 0 Å². The number of rotatable bonds is 3. The molecule has 2 saturated heterocycles. The van der Waals surface area contributed by atoms with Crippen LogP contribution in [-0.2, 0) is 6.54 Å². The van der Waals surface area contributed by atoms with Crippen molar-refractivity contribution in [3.05, 3.63) is 35.4 Å². The minimum atomic E-state index is -0.423. The Morgan fingerprint density at radius 1 is 0.905 bits per heavy atom. The molecule has 0 saturated carbocycles. The molecule has 0 atom stereocenters. The third-order valence-corrected chi connectivity index (χ3v) is 4.91. The fourth-order valence-corrected chi connectivity index (χ4v) is 3.63. The number of likely N-dealkylation sites (tertiary alicyclic amines) is 2. The topological polar surface area (TPSA) is 6.48 Å². The summed E-state index contributed by atoms with van der Waals surface area (Å²) in [5, 5.41) is 0. The molecular formula is C17H24F2N2. The number of hydrogen-bond acceptors (Lipinski definition) is 2. The van der Waals surface area contributed by atoms with E-state index in [0.29, 0.717) is 12.6 Å². The zero-order chi connectivity index (χ0) is 14.7. The zero-order valence-electron chi connectivity index (χ0n) is 12.5. The van der Waals surface area contributed by atoms with Gasteiger partial charge in [0.25, 0.3) is 0 Å². The van der Waals surface area contributed by atoms with E-state index in [9.17, 15) is 8.78 Å². The fraction of sp³-hybridized carbons (Fsp3) is 0.647. The van der Waals surface area contributed by atoms with E-state index in [0.717, 1.165) is 25.9 Å². The van der Waals surface area contributed by atoms with Crippen molar-refractivity contribution >= 4 is 0 Å². The predicted molar refractivity (Wildman–Crippen MR) is 80.1 cm³/mol. The van der Waals surface area contributed by atoms with E-state index in [4.69, 9.17) is 0 Å². The SMILES string of the molecule is Fc1cccc(F)c1CN1CCC(N2CCCCC2)CC1. The van der Waals surface area contributed by atoms with Crippen LogP contribution in [0.1, 0.15) is 37.7 Å². The molecule has 0 spiro atoms. The van der Waals surface area contributed by atoms with Gasteiger partial charge in [0.1, 0.15) is 11.6 Å². The average molecular weight is 294 g/mol. The van der Waals surface area contributed by atoms with Crippen LogP contribution in [0.5, 0.6) is 0 Å². The van der Waals surface area contributed by atoms with E-state index < -0.39 is 11.6 Å². The highest BCUT2D eigenvalue weighted by atomic mass is 19.1. The first-order valence-electron chi connectivity index (χ1n) is 8.13. The number of halogens is 2. The second-order valence-electron chi connectivity index (χ2n) is 6.30. The molecule has 0 amide bonds. The highest BCUT2D eigenvalue weighted by Gasteiger charge is 2.26. The number of hydrogen-bond donors (Lipinski definition) is 0. The molecule has 4 heteroatoms. The fourth-order valence-electron chi connectivity index (χ4n) is 3.63. The third kappa shape index (κ3) is 3.61. The average Bonchev–Trinajstić information content (AvgIpc) is 2.53. The minimum absolute atomic E-state index is 0.217. The molecule has 0 unspecified atom stereocenters. The van der Waals surface area contributed by atoms with Crippen LogP contribution in [0.15, 0.2) is 18.2 Å². The summed E-state index contributed by atoms with van der Waals surface area (Å²) in [7, 11) is 0. The van der Waals surface area contributed by atoms with Gasteiger partial charge in [-0.2, -0.15) is 0 Å². The van der Waals surface area contributed by atoms with Gasteiger partial charge in [0.15, 0.2) is 0 Å². The summed E-state index contributed by atoms with van der Waals surface area (Å²) in [4.78, 5) is 4.80. The van der Waals surface area contributed by atoms with Crippen molar-refractivity contribution in [3.63, 3.8) is 0 Å². The van der Waals surface area contributed by atoms with Gasteiger partial charge in [0, 0.05) is 18.2 Å². The van der Waals surface area contributed by atoms with Crippen LogP contribution < -0.4 is 0 Å². The number of benzene rings is 1. The summed E-state index contributed by atoms with van der Waals surface area (Å²) in [5.74, 6) is -0.846. The van der Waals surface area contributed by atoms with Gasteiger partial charge in [0.05, 0.1) is 0 Å². The monoisotopic (exact) mass is 294 g/mol. The van der Waals surface area contributed by atoms with Gasteiger partial charge in [0.2, 0.25) is 0 Å². The molecule has 2 fully saturated rings. The van der Waals surface area contributed by atoms with Crippen LogP contribution >= 0.6 is 0 Å². The molecule has 21 heavy (non-hydrogen) atoms. The molecule has 116 valence electrons. The van der Waals surface area contributed by atoms with Gasteiger partial charge >= 0.3 is 0 Å². The van der Waals surface area contributed by atoms with Crippen LogP contribution in [0, 0.1) is 11.6 Å². The smallest absolute Gasteiger partial charge is 0.130 e. The molecule has 1 aromatic carbocycles. The zero-order valence-corrected chi connectivity index (χ0v) is 12.5. The standard InChI is InChI=1S/C17H24F2N2/c18-16-5-4-6-17(19)15(16)13-20-11-7-14(8-12-20)21-9-2-1-3-10-21/h4-6,14H,1-3,7-13H2. The number of nitrogens with zero attached hydrogens (tertiary/aromatic N) is 2. The Bertz CT molecular complexity index is 444. The Labute approximate surface area is 125 Å². The summed E-state index contributed by atoms with van der Waals surface area (Å²) in [6, 6.07) is 4.79. The molecule has 0 radical (unpaired) electrons. The Kier molecular flexibility index (Phi) is 4.86. The van der Waals surface area contributed by atoms with Crippen LogP contribution in [-0.4, -0.2) is 42.0 Å². The minimum Gasteiger partial charge on any atom is -0.300 e. The molecular weight excluding hydrogens is 270 g/mol. The molecule has 2 aliphatic rings. The van der Waals surface area contributed by atoms with Crippen LogP contribution in [0.3, 0.4) is 0 Å². The van der Waals surface area contributed by atoms with Crippen molar-refractivity contribution in [2.45, 2.75) is 44.7 Å². The van der Waals surface area contributed by atoms with Gasteiger partial charge in [-0.1, -0.05) is 12.5 Å². The van der Waals surface area contributed by atoms with E-state index in [1.165, 1.54) is 50.6 Å². The molecule has 2 aliphatic heterocycles. The van der Waals surface area contributed by atoms with Gasteiger partial charge in [-0.25, -0.2) is 8.78 Å². The first-order valence-corrected chi connectivity index (χ1v) is 8.13. The second-order valence-corrected chi connectivity index (χ2v) is 6.30. The first kappa shape index (κ1) is 14.9. The maximum Gasteiger partial charge on any atom is 0.130 e. The van der Waals surface area contributed by atoms with Crippen molar-refractivity contribution in [1.29, 1.82) is 0 Å². The molecule has 3 rings (SSSR count). The summed E-state index contributed by atoms with van der Waals surface area (Å²) in [6.07, 6.45) is 6.25. The molecule has 0 aromatic heterocycles. The summed E-state index contributed by atoms with van der Waals surface area (Å²) in [6.45, 7) is 4.73. The van der Waals surface area contributed by atoms with Gasteiger partial charge < -0.3 is 4.90 Å². The Balaban J connectivity index is 1.54. The Morgan fingerprint density at radius 3 is 2.14 bits per heavy atom. The third-order valence-electron chi connectivity index (χ3n) is 4.91. The van der Waals surface area contributed by atoms with Crippen molar-refractivity contribution in [1.82, 2.24) is 9.80 Å². The van der Waals surface area contributed by atoms with E-state index in [1.807, 2.05) is 0 Å². The normalized spacial score (nSPS) is 22.6. The molecule has 2 heterocycles. The highest BCUT2D eigenvalue weighted by molar-refractivity contribution is 5.19. The quantitative estimate of drug-likeness (QED) is 0.843. The maximum atomic E-state index is 13.7. The molecule has 0 bridgehead atoms. The lowest BCUT2D eigenvalue weighted by Gasteiger charge is -2.40. The second kappa shape index (κ2) is 6.84. The van der Waals surface area contributed by atoms with Crippen molar-refractivity contribution in [3.8, 4) is 0 Å². The maximum absolute atomic E-state index is 13.7. The Hall–Kier alpha value is -1.00. The highest BCUT2D eigenvalue weighted by Crippen LogP contribution is 2.23. The molecule has 0 N–H and O–H groups in total. The van der Waals surface area contributed by atoms with E-state index in [1.54, 1.807) is 0 Å². The van der Waals surface area contributed by atoms with E-state index in [-0.39, 0.29) is 5.56 Å². The largest absolute Gasteiger partial charge is 0.300 e. The summed E-state index contributed by atoms with van der Waals surface area (Å²) >= 11 is 0. The molecule has 0 aliphatic carbocycles. The summed E-state index contributed by atoms with van der Waals surface area (Å²) in [5.41, 5.74) is 0.217.